The number of amides is 1. The highest BCUT2D eigenvalue weighted by Gasteiger charge is 2.32. The third-order valence-corrected chi connectivity index (χ3v) is 6.26. The molecule has 4 rings (SSSR count). The molecule has 1 aliphatic heterocycles. The smallest absolute Gasteiger partial charge is 0.234 e. The first kappa shape index (κ1) is 19.3. The van der Waals surface area contributed by atoms with Crippen LogP contribution in [0.3, 0.4) is 0 Å². The van der Waals surface area contributed by atoms with Gasteiger partial charge < -0.3 is 10.2 Å². The van der Waals surface area contributed by atoms with Gasteiger partial charge in [0.1, 0.15) is 0 Å². The normalized spacial score (nSPS) is 17.2. The van der Waals surface area contributed by atoms with Gasteiger partial charge in [-0.2, -0.15) is 0 Å². The van der Waals surface area contributed by atoms with Crippen molar-refractivity contribution in [1.82, 2.24) is 14.8 Å². The summed E-state index contributed by atoms with van der Waals surface area (Å²) in [6.45, 7) is 8.66. The quantitative estimate of drug-likeness (QED) is 0.736. The van der Waals surface area contributed by atoms with Gasteiger partial charge in [-0.1, -0.05) is 44.7 Å². The molecule has 1 N–H and O–H groups in total. The number of nitrogens with one attached hydrogen (secondary N) is 1. The van der Waals surface area contributed by atoms with E-state index in [9.17, 15) is 4.79 Å². The predicted octanol–water partition coefficient (Wildman–Crippen LogP) is 4.24. The number of aromatic nitrogens is 3. The molecule has 2 aromatic rings. The summed E-state index contributed by atoms with van der Waals surface area (Å²) in [6, 6.07) is 8.60. The van der Waals surface area contributed by atoms with Gasteiger partial charge in [0.05, 0.1) is 5.75 Å². The van der Waals surface area contributed by atoms with E-state index in [1.165, 1.54) is 43.0 Å². The first-order valence-electron chi connectivity index (χ1n) is 10.1. The van der Waals surface area contributed by atoms with Crippen molar-refractivity contribution >= 4 is 29.3 Å². The summed E-state index contributed by atoms with van der Waals surface area (Å²) in [5.41, 5.74) is 2.20. The highest BCUT2D eigenvalue weighted by Crippen LogP contribution is 2.41. The van der Waals surface area contributed by atoms with E-state index < -0.39 is 0 Å². The molecule has 1 aliphatic carbocycles. The summed E-state index contributed by atoms with van der Waals surface area (Å²) in [5.74, 6) is 1.31. The van der Waals surface area contributed by atoms with E-state index in [2.05, 4.69) is 57.9 Å². The number of rotatable bonds is 6. The molecule has 0 atom stereocenters. The molecule has 1 saturated heterocycles. The largest absolute Gasteiger partial charge is 0.341 e. The summed E-state index contributed by atoms with van der Waals surface area (Å²) in [7, 11) is 0. The number of hydrogen-bond donors (Lipinski definition) is 1. The van der Waals surface area contributed by atoms with E-state index in [4.69, 9.17) is 0 Å². The fraction of sp³-hybridized carbons (Fsp3) is 0.571. The average molecular weight is 400 g/mol. The number of hydrogen-bond acceptors (Lipinski definition) is 5. The molecule has 1 aromatic carbocycles. The van der Waals surface area contributed by atoms with Crippen LogP contribution in [-0.2, 0) is 10.2 Å². The molecular formula is C21H29N5OS. The van der Waals surface area contributed by atoms with Gasteiger partial charge in [-0.3, -0.25) is 9.36 Å². The molecule has 1 aromatic heterocycles. The van der Waals surface area contributed by atoms with Gasteiger partial charge in [-0.15, -0.1) is 10.2 Å². The van der Waals surface area contributed by atoms with E-state index in [-0.39, 0.29) is 11.3 Å². The molecule has 1 saturated carbocycles. The molecule has 2 heterocycles. The van der Waals surface area contributed by atoms with Crippen LogP contribution in [0.15, 0.2) is 29.4 Å². The minimum atomic E-state index is -0.0124. The number of nitrogens with zero attached hydrogens (tertiary/aromatic N) is 4. The number of thioether (sulfide) groups is 1. The fourth-order valence-electron chi connectivity index (χ4n) is 3.53. The molecule has 1 amide bonds. The van der Waals surface area contributed by atoms with E-state index in [0.717, 1.165) is 29.9 Å². The highest BCUT2D eigenvalue weighted by molar-refractivity contribution is 7.99. The third kappa shape index (κ3) is 4.35. The standard InChI is InChI=1S/C21H29N5OS/c1-21(2,3)15-6-8-16(9-7-15)22-18(27)14-28-20-24-23-19(25-12-4-5-13-25)26(20)17-10-11-17/h6-9,17H,4-5,10-14H2,1-3H3,(H,22,27). The Labute approximate surface area is 171 Å². The summed E-state index contributed by atoms with van der Waals surface area (Å²) in [4.78, 5) is 14.8. The maximum Gasteiger partial charge on any atom is 0.234 e. The Morgan fingerprint density at radius 3 is 2.43 bits per heavy atom. The van der Waals surface area contributed by atoms with Gasteiger partial charge in [-0.05, 0) is 48.8 Å². The molecule has 0 bridgehead atoms. The van der Waals surface area contributed by atoms with Crippen molar-refractivity contribution in [3.63, 3.8) is 0 Å². The summed E-state index contributed by atoms with van der Waals surface area (Å²) >= 11 is 1.48. The van der Waals surface area contributed by atoms with Crippen LogP contribution < -0.4 is 10.2 Å². The Morgan fingerprint density at radius 2 is 1.82 bits per heavy atom. The van der Waals surface area contributed by atoms with E-state index >= 15 is 0 Å². The monoisotopic (exact) mass is 399 g/mol. The number of carbonyl (C=O) groups excluding carboxylic acids is 1. The number of benzene rings is 1. The van der Waals surface area contributed by atoms with E-state index in [1.807, 2.05) is 12.1 Å². The summed E-state index contributed by atoms with van der Waals surface area (Å²) < 4.78 is 2.25. The van der Waals surface area contributed by atoms with Gasteiger partial charge in [0.25, 0.3) is 0 Å². The van der Waals surface area contributed by atoms with Crippen molar-refractivity contribution < 1.29 is 4.79 Å². The zero-order valence-corrected chi connectivity index (χ0v) is 17.8. The molecule has 6 nitrogen and oxygen atoms in total. The molecule has 7 heteroatoms. The Kier molecular flexibility index (Phi) is 5.36. The Balaban J connectivity index is 1.37. The lowest BCUT2D eigenvalue weighted by molar-refractivity contribution is -0.113. The molecule has 2 fully saturated rings. The van der Waals surface area contributed by atoms with Crippen molar-refractivity contribution in [2.75, 3.05) is 29.1 Å². The Hall–Kier alpha value is -2.02. The lowest BCUT2D eigenvalue weighted by Crippen LogP contribution is -2.22. The van der Waals surface area contributed by atoms with E-state index in [0.29, 0.717) is 11.8 Å². The van der Waals surface area contributed by atoms with Crippen molar-refractivity contribution in [1.29, 1.82) is 0 Å². The number of anilines is 2. The van der Waals surface area contributed by atoms with Crippen molar-refractivity contribution in [2.24, 2.45) is 0 Å². The van der Waals surface area contributed by atoms with Crippen molar-refractivity contribution in [3.05, 3.63) is 29.8 Å². The van der Waals surface area contributed by atoms with Crippen LogP contribution in [0.2, 0.25) is 0 Å². The maximum absolute atomic E-state index is 12.4. The predicted molar refractivity (Wildman–Crippen MR) is 114 cm³/mol. The first-order chi connectivity index (χ1) is 13.4. The molecule has 2 aliphatic rings. The van der Waals surface area contributed by atoms with Gasteiger partial charge in [0.15, 0.2) is 5.16 Å². The molecular weight excluding hydrogens is 370 g/mol. The van der Waals surface area contributed by atoms with Crippen LogP contribution in [0, 0.1) is 0 Å². The fourth-order valence-corrected chi connectivity index (χ4v) is 4.33. The second-order valence-electron chi connectivity index (χ2n) is 8.74. The summed E-state index contributed by atoms with van der Waals surface area (Å²) in [5, 5.41) is 12.7. The highest BCUT2D eigenvalue weighted by atomic mass is 32.2. The van der Waals surface area contributed by atoms with Gasteiger partial charge in [0.2, 0.25) is 11.9 Å². The zero-order valence-electron chi connectivity index (χ0n) is 16.9. The Morgan fingerprint density at radius 1 is 1.14 bits per heavy atom. The second kappa shape index (κ2) is 7.78. The van der Waals surface area contributed by atoms with E-state index in [1.54, 1.807) is 0 Å². The lowest BCUT2D eigenvalue weighted by atomic mass is 9.87. The van der Waals surface area contributed by atoms with Crippen LogP contribution in [0.1, 0.15) is 58.1 Å². The topological polar surface area (TPSA) is 63.1 Å². The maximum atomic E-state index is 12.4. The van der Waals surface area contributed by atoms with Crippen molar-refractivity contribution in [2.45, 2.75) is 63.1 Å². The molecule has 0 unspecified atom stereocenters. The van der Waals surface area contributed by atoms with Gasteiger partial charge in [-0.25, -0.2) is 0 Å². The summed E-state index contributed by atoms with van der Waals surface area (Å²) in [6.07, 6.45) is 4.80. The zero-order chi connectivity index (χ0) is 19.7. The van der Waals surface area contributed by atoms with Crippen LogP contribution in [-0.4, -0.2) is 39.5 Å². The minimum absolute atomic E-state index is 0.0124. The molecule has 150 valence electrons. The molecule has 0 spiro atoms. The number of carbonyl (C=O) groups is 1. The van der Waals surface area contributed by atoms with Crippen molar-refractivity contribution in [3.8, 4) is 0 Å². The third-order valence-electron chi connectivity index (χ3n) is 5.31. The average Bonchev–Trinajstić information content (AvgIpc) is 3.17. The van der Waals surface area contributed by atoms with Crippen LogP contribution in [0.5, 0.6) is 0 Å². The SMILES string of the molecule is CC(C)(C)c1ccc(NC(=O)CSc2nnc(N3CCCC3)n2C2CC2)cc1. The first-order valence-corrected chi connectivity index (χ1v) is 11.1. The lowest BCUT2D eigenvalue weighted by Gasteiger charge is -2.19. The Bertz CT molecular complexity index is 829. The van der Waals surface area contributed by atoms with Crippen LogP contribution >= 0.6 is 11.8 Å². The minimum Gasteiger partial charge on any atom is -0.341 e. The van der Waals surface area contributed by atoms with Crippen LogP contribution in [0.4, 0.5) is 11.6 Å². The van der Waals surface area contributed by atoms with Gasteiger partial charge in [0, 0.05) is 24.8 Å². The van der Waals surface area contributed by atoms with Crippen LogP contribution in [0.25, 0.3) is 0 Å². The van der Waals surface area contributed by atoms with Gasteiger partial charge >= 0.3 is 0 Å². The molecule has 0 radical (unpaired) electrons. The second-order valence-corrected chi connectivity index (χ2v) is 9.68. The molecule has 28 heavy (non-hydrogen) atoms.